The number of benzene rings is 2. The lowest BCUT2D eigenvalue weighted by Gasteiger charge is -2.27. The fourth-order valence-corrected chi connectivity index (χ4v) is 4.24. The molecule has 2 aromatic rings. The summed E-state index contributed by atoms with van der Waals surface area (Å²) in [5.74, 6) is -1.11. The molecule has 0 radical (unpaired) electrons. The van der Waals surface area contributed by atoms with E-state index in [-0.39, 0.29) is 10.5 Å². The third kappa shape index (κ3) is 4.95. The number of methoxy groups -OCH3 is 1. The van der Waals surface area contributed by atoms with Gasteiger partial charge in [-0.2, -0.15) is 0 Å². The van der Waals surface area contributed by atoms with Crippen molar-refractivity contribution in [3.63, 3.8) is 0 Å². The maximum atomic E-state index is 13.0. The minimum atomic E-state index is -3.86. The number of para-hydroxylation sites is 1. The molecule has 0 saturated carbocycles. The Bertz CT molecular complexity index is 976. The Morgan fingerprint density at radius 2 is 1.76 bits per heavy atom. The number of carbonyl (C=O) groups is 2. The van der Waals surface area contributed by atoms with E-state index in [1.165, 1.54) is 38.4 Å². The summed E-state index contributed by atoms with van der Waals surface area (Å²) in [7, 11) is -1.15. The van der Waals surface area contributed by atoms with Crippen LogP contribution in [0.5, 0.6) is 0 Å². The van der Waals surface area contributed by atoms with Crippen molar-refractivity contribution < 1.29 is 22.7 Å². The topological polar surface area (TPSA) is 92.8 Å². The Hall–Kier alpha value is -2.87. The Morgan fingerprint density at radius 1 is 1.10 bits per heavy atom. The standard InChI is InChI=1S/C21H26N2O5S/c1-5-14-21(2,20(25)28-4)22-19(24)16-10-9-13-18(15-16)29(26,27)23(3)17-11-7-6-8-12-17/h6-13,15H,5,14H2,1-4H3,(H,22,24). The molecule has 0 aliphatic rings. The number of carbonyl (C=O) groups excluding carboxylic acids is 2. The lowest BCUT2D eigenvalue weighted by Crippen LogP contribution is -2.52. The van der Waals surface area contributed by atoms with Crippen LogP contribution in [0.25, 0.3) is 0 Å². The minimum absolute atomic E-state index is 0.0215. The van der Waals surface area contributed by atoms with E-state index in [2.05, 4.69) is 5.32 Å². The van der Waals surface area contributed by atoms with Crippen molar-refractivity contribution in [1.29, 1.82) is 0 Å². The van der Waals surface area contributed by atoms with Crippen LogP contribution in [0.1, 0.15) is 37.0 Å². The summed E-state index contributed by atoms with van der Waals surface area (Å²) in [4.78, 5) is 24.8. The van der Waals surface area contributed by atoms with Gasteiger partial charge in [-0.05, 0) is 43.7 Å². The van der Waals surface area contributed by atoms with E-state index in [0.29, 0.717) is 18.5 Å². The molecular weight excluding hydrogens is 392 g/mol. The second kappa shape index (κ2) is 9.09. The highest BCUT2D eigenvalue weighted by atomic mass is 32.2. The van der Waals surface area contributed by atoms with E-state index in [1.54, 1.807) is 37.3 Å². The van der Waals surface area contributed by atoms with Crippen molar-refractivity contribution in [1.82, 2.24) is 5.32 Å². The van der Waals surface area contributed by atoms with E-state index >= 15 is 0 Å². The molecule has 2 aromatic carbocycles. The average molecular weight is 419 g/mol. The molecule has 2 rings (SSSR count). The molecule has 0 bridgehead atoms. The highest BCUT2D eigenvalue weighted by Crippen LogP contribution is 2.23. The SMILES string of the molecule is CCCC(C)(NC(=O)c1cccc(S(=O)(=O)N(C)c2ccccc2)c1)C(=O)OC. The Kier molecular flexibility index (Phi) is 7.02. The maximum Gasteiger partial charge on any atom is 0.331 e. The van der Waals surface area contributed by atoms with Crippen LogP contribution in [0, 0.1) is 0 Å². The number of ether oxygens (including phenoxy) is 1. The van der Waals surface area contributed by atoms with Crippen molar-refractivity contribution in [2.24, 2.45) is 0 Å². The first-order valence-corrected chi connectivity index (χ1v) is 10.6. The molecule has 0 aromatic heterocycles. The zero-order valence-corrected chi connectivity index (χ0v) is 17.8. The molecule has 29 heavy (non-hydrogen) atoms. The number of rotatable bonds is 8. The summed E-state index contributed by atoms with van der Waals surface area (Å²) < 4.78 is 31.9. The molecule has 0 aliphatic heterocycles. The van der Waals surface area contributed by atoms with Gasteiger partial charge in [0, 0.05) is 12.6 Å². The van der Waals surface area contributed by atoms with Crippen molar-refractivity contribution >= 4 is 27.6 Å². The molecule has 0 heterocycles. The predicted octanol–water partition coefficient (Wildman–Crippen LogP) is 2.97. The van der Waals surface area contributed by atoms with E-state index < -0.39 is 27.4 Å². The molecule has 0 spiro atoms. The fourth-order valence-electron chi connectivity index (χ4n) is 3.00. The van der Waals surface area contributed by atoms with Gasteiger partial charge in [-0.3, -0.25) is 9.10 Å². The van der Waals surface area contributed by atoms with Crippen molar-refractivity contribution in [2.45, 2.75) is 37.1 Å². The van der Waals surface area contributed by atoms with Crippen molar-refractivity contribution in [3.8, 4) is 0 Å². The van der Waals surface area contributed by atoms with Gasteiger partial charge < -0.3 is 10.1 Å². The quantitative estimate of drug-likeness (QED) is 0.666. The second-order valence-corrected chi connectivity index (χ2v) is 8.83. The molecule has 0 fully saturated rings. The summed E-state index contributed by atoms with van der Waals surface area (Å²) in [5, 5.41) is 2.68. The van der Waals surface area contributed by atoms with Gasteiger partial charge in [-0.25, -0.2) is 13.2 Å². The molecule has 0 saturated heterocycles. The predicted molar refractivity (Wildman–Crippen MR) is 111 cm³/mol. The Balaban J connectivity index is 2.33. The van der Waals surface area contributed by atoms with E-state index in [0.717, 1.165) is 4.31 Å². The van der Waals surface area contributed by atoms with E-state index in [9.17, 15) is 18.0 Å². The van der Waals surface area contributed by atoms with Crippen LogP contribution in [0.4, 0.5) is 5.69 Å². The lowest BCUT2D eigenvalue weighted by atomic mass is 9.95. The summed E-state index contributed by atoms with van der Waals surface area (Å²) >= 11 is 0. The number of hydrogen-bond donors (Lipinski definition) is 1. The maximum absolute atomic E-state index is 13.0. The molecule has 7 nitrogen and oxygen atoms in total. The van der Waals surface area contributed by atoms with Gasteiger partial charge in [0.25, 0.3) is 15.9 Å². The second-order valence-electron chi connectivity index (χ2n) is 6.86. The summed E-state index contributed by atoms with van der Waals surface area (Å²) in [6.07, 6.45) is 1.04. The molecule has 1 N–H and O–H groups in total. The molecule has 1 unspecified atom stereocenters. The van der Waals surface area contributed by atoms with Gasteiger partial charge in [-0.1, -0.05) is 37.6 Å². The summed E-state index contributed by atoms with van der Waals surface area (Å²) in [6.45, 7) is 3.48. The summed E-state index contributed by atoms with van der Waals surface area (Å²) in [5.41, 5.74) is -0.557. The smallest absolute Gasteiger partial charge is 0.331 e. The van der Waals surface area contributed by atoms with Crippen LogP contribution in [0.2, 0.25) is 0 Å². The van der Waals surface area contributed by atoms with Crippen LogP contribution in [-0.4, -0.2) is 40.0 Å². The third-order valence-corrected chi connectivity index (χ3v) is 6.43. The average Bonchev–Trinajstić information content (AvgIpc) is 2.73. The largest absolute Gasteiger partial charge is 0.467 e. The van der Waals surface area contributed by atoms with Gasteiger partial charge in [-0.15, -0.1) is 0 Å². The van der Waals surface area contributed by atoms with Gasteiger partial charge in [0.1, 0.15) is 5.54 Å². The van der Waals surface area contributed by atoms with Gasteiger partial charge in [0.2, 0.25) is 0 Å². The van der Waals surface area contributed by atoms with Gasteiger partial charge >= 0.3 is 5.97 Å². The number of hydrogen-bond acceptors (Lipinski definition) is 5. The monoisotopic (exact) mass is 418 g/mol. The lowest BCUT2D eigenvalue weighted by molar-refractivity contribution is -0.147. The van der Waals surface area contributed by atoms with Crippen LogP contribution in [-0.2, 0) is 19.6 Å². The van der Waals surface area contributed by atoms with Crippen molar-refractivity contribution in [3.05, 3.63) is 60.2 Å². The van der Waals surface area contributed by atoms with Crippen molar-refractivity contribution in [2.75, 3.05) is 18.5 Å². The molecule has 1 amide bonds. The summed E-state index contributed by atoms with van der Waals surface area (Å²) in [6, 6.07) is 14.4. The van der Waals surface area contributed by atoms with E-state index in [4.69, 9.17) is 4.74 Å². The minimum Gasteiger partial charge on any atom is -0.467 e. The highest BCUT2D eigenvalue weighted by Gasteiger charge is 2.35. The van der Waals surface area contributed by atoms with Crippen LogP contribution < -0.4 is 9.62 Å². The zero-order chi connectivity index (χ0) is 21.7. The molecule has 156 valence electrons. The zero-order valence-electron chi connectivity index (χ0n) is 17.0. The molecule has 1 atom stereocenters. The Morgan fingerprint density at radius 3 is 2.34 bits per heavy atom. The van der Waals surface area contributed by atoms with Crippen LogP contribution in [0.3, 0.4) is 0 Å². The number of nitrogens with zero attached hydrogens (tertiary/aromatic N) is 1. The van der Waals surface area contributed by atoms with Crippen LogP contribution in [0.15, 0.2) is 59.5 Å². The highest BCUT2D eigenvalue weighted by molar-refractivity contribution is 7.92. The van der Waals surface area contributed by atoms with Gasteiger partial charge in [0.15, 0.2) is 0 Å². The normalized spacial score (nSPS) is 13.2. The number of anilines is 1. The van der Waals surface area contributed by atoms with Gasteiger partial charge in [0.05, 0.1) is 17.7 Å². The number of esters is 1. The first-order chi connectivity index (χ1) is 13.7. The van der Waals surface area contributed by atoms with Crippen LogP contribution >= 0.6 is 0 Å². The molecule has 0 aliphatic carbocycles. The molecular formula is C21H26N2O5S. The first-order valence-electron chi connectivity index (χ1n) is 9.20. The molecule has 8 heteroatoms. The number of nitrogens with one attached hydrogen (secondary N) is 1. The third-order valence-electron chi connectivity index (χ3n) is 4.65. The Labute approximate surface area is 171 Å². The first kappa shape index (κ1) is 22.4. The fraction of sp³-hybridized carbons (Fsp3) is 0.333. The number of sulfonamides is 1. The number of amides is 1. The van der Waals surface area contributed by atoms with E-state index in [1.807, 2.05) is 6.92 Å².